The number of piperidine rings is 1. The van der Waals surface area contributed by atoms with Crippen LogP contribution in [0.15, 0.2) is 18.3 Å². The molecule has 25 heavy (non-hydrogen) atoms. The van der Waals surface area contributed by atoms with Gasteiger partial charge in [0.15, 0.2) is 5.79 Å². The quantitative estimate of drug-likeness (QED) is 0.785. The van der Waals surface area contributed by atoms with Gasteiger partial charge in [-0.05, 0) is 39.2 Å². The van der Waals surface area contributed by atoms with Gasteiger partial charge in [-0.25, -0.2) is 4.98 Å². The van der Waals surface area contributed by atoms with Gasteiger partial charge >= 0.3 is 0 Å². The molecule has 1 N–H and O–H groups in total. The van der Waals surface area contributed by atoms with Crippen molar-refractivity contribution in [1.29, 1.82) is 0 Å². The van der Waals surface area contributed by atoms with Gasteiger partial charge in [-0.2, -0.15) is 0 Å². The Morgan fingerprint density at radius 2 is 2.00 bits per heavy atom. The Hall–Kier alpha value is -1.70. The molecule has 0 atom stereocenters. The first-order valence-electron chi connectivity index (χ1n) is 9.00. The molecule has 2 aliphatic heterocycles. The largest absolute Gasteiger partial charge is 0.384 e. The van der Waals surface area contributed by atoms with Crippen LogP contribution in [0.4, 0.5) is 5.69 Å². The Balaban J connectivity index is 1.47. The third-order valence-corrected chi connectivity index (χ3v) is 4.72. The summed E-state index contributed by atoms with van der Waals surface area (Å²) in [5, 5.41) is 3.33. The highest BCUT2D eigenvalue weighted by Crippen LogP contribution is 2.31. The maximum absolute atomic E-state index is 12.6. The van der Waals surface area contributed by atoms with Crippen LogP contribution in [0.1, 0.15) is 29.8 Å². The molecule has 1 aromatic rings. The molecule has 1 spiro atoms. The first-order valence-corrected chi connectivity index (χ1v) is 9.00. The molecular weight excluding hydrogens is 320 g/mol. The second kappa shape index (κ2) is 8.12. The molecule has 0 bridgehead atoms. The van der Waals surface area contributed by atoms with E-state index in [0.717, 1.165) is 38.0 Å². The minimum Gasteiger partial charge on any atom is -0.384 e. The molecule has 0 saturated carbocycles. The van der Waals surface area contributed by atoms with Gasteiger partial charge in [0.1, 0.15) is 5.69 Å². The van der Waals surface area contributed by atoms with Crippen LogP contribution in [-0.2, 0) is 9.47 Å². The van der Waals surface area contributed by atoms with Gasteiger partial charge in [0.2, 0.25) is 0 Å². The van der Waals surface area contributed by atoms with Crippen molar-refractivity contribution in [1.82, 2.24) is 14.8 Å². The minimum absolute atomic E-state index is 0.0213. The lowest BCUT2D eigenvalue weighted by Gasteiger charge is -2.37. The number of anilines is 1. The Morgan fingerprint density at radius 3 is 2.60 bits per heavy atom. The lowest BCUT2D eigenvalue weighted by molar-refractivity contribution is -0.181. The summed E-state index contributed by atoms with van der Waals surface area (Å²) in [6.45, 7) is 4.52. The van der Waals surface area contributed by atoms with E-state index in [9.17, 15) is 4.79 Å². The number of likely N-dealkylation sites (tertiary alicyclic amines) is 1. The molecule has 138 valence electrons. The van der Waals surface area contributed by atoms with E-state index in [1.54, 1.807) is 12.3 Å². The fourth-order valence-corrected chi connectivity index (χ4v) is 3.25. The average Bonchev–Trinajstić information content (AvgIpc) is 3.07. The van der Waals surface area contributed by atoms with E-state index < -0.39 is 5.79 Å². The zero-order chi connectivity index (χ0) is 17.7. The Kier molecular flexibility index (Phi) is 5.88. The molecule has 7 nitrogen and oxygen atoms in total. The number of nitrogens with one attached hydrogen (secondary N) is 1. The average molecular weight is 348 g/mol. The Bertz CT molecular complexity index is 560. The second-order valence-corrected chi connectivity index (χ2v) is 6.92. The van der Waals surface area contributed by atoms with Crippen LogP contribution in [0.5, 0.6) is 0 Å². The number of ether oxygens (including phenoxy) is 2. The molecule has 3 rings (SSSR count). The van der Waals surface area contributed by atoms with Crippen molar-refractivity contribution in [3.05, 3.63) is 24.0 Å². The van der Waals surface area contributed by atoms with Crippen molar-refractivity contribution in [2.45, 2.75) is 25.0 Å². The van der Waals surface area contributed by atoms with Crippen molar-refractivity contribution in [3.8, 4) is 0 Å². The van der Waals surface area contributed by atoms with Crippen molar-refractivity contribution >= 4 is 11.6 Å². The smallest absolute Gasteiger partial charge is 0.272 e. The molecule has 1 amide bonds. The van der Waals surface area contributed by atoms with Gasteiger partial charge in [-0.15, -0.1) is 0 Å². The summed E-state index contributed by atoms with van der Waals surface area (Å²) in [5.74, 6) is -0.475. The van der Waals surface area contributed by atoms with Gasteiger partial charge in [-0.3, -0.25) is 4.79 Å². The fourth-order valence-electron chi connectivity index (χ4n) is 3.25. The van der Waals surface area contributed by atoms with Crippen LogP contribution in [0.25, 0.3) is 0 Å². The number of aromatic nitrogens is 1. The van der Waals surface area contributed by atoms with Gasteiger partial charge in [0, 0.05) is 32.5 Å². The van der Waals surface area contributed by atoms with Crippen LogP contribution in [0.3, 0.4) is 0 Å². The fraction of sp³-hybridized carbons (Fsp3) is 0.667. The Labute approximate surface area is 149 Å². The molecule has 0 aromatic carbocycles. The molecule has 7 heteroatoms. The number of hydrogen-bond acceptors (Lipinski definition) is 6. The van der Waals surface area contributed by atoms with Crippen molar-refractivity contribution in [2.75, 3.05) is 58.8 Å². The van der Waals surface area contributed by atoms with Crippen LogP contribution in [-0.4, -0.2) is 80.0 Å². The number of carbonyl (C=O) groups excluding carboxylic acids is 1. The summed E-state index contributed by atoms with van der Waals surface area (Å²) in [7, 11) is 4.13. The number of hydrogen-bond donors (Lipinski definition) is 1. The number of carbonyl (C=O) groups is 1. The first-order chi connectivity index (χ1) is 12.1. The highest BCUT2D eigenvalue weighted by atomic mass is 16.7. The summed E-state index contributed by atoms with van der Waals surface area (Å²) in [4.78, 5) is 20.9. The molecular formula is C18H28N4O3. The first kappa shape index (κ1) is 18.1. The molecule has 0 aliphatic carbocycles. The van der Waals surface area contributed by atoms with E-state index in [4.69, 9.17) is 9.47 Å². The molecule has 2 fully saturated rings. The van der Waals surface area contributed by atoms with Crippen LogP contribution in [0.2, 0.25) is 0 Å². The van der Waals surface area contributed by atoms with Gasteiger partial charge < -0.3 is 24.6 Å². The molecule has 0 radical (unpaired) electrons. The van der Waals surface area contributed by atoms with Gasteiger partial charge in [0.05, 0.1) is 25.1 Å². The molecule has 1 aromatic heterocycles. The Morgan fingerprint density at radius 1 is 1.28 bits per heavy atom. The zero-order valence-corrected chi connectivity index (χ0v) is 15.2. The van der Waals surface area contributed by atoms with E-state index in [0.29, 0.717) is 32.0 Å². The third kappa shape index (κ3) is 4.68. The lowest BCUT2D eigenvalue weighted by atomic mass is 10.0. The third-order valence-electron chi connectivity index (χ3n) is 4.72. The van der Waals surface area contributed by atoms with E-state index >= 15 is 0 Å². The minimum atomic E-state index is -0.454. The highest BCUT2D eigenvalue weighted by Gasteiger charge is 2.40. The summed E-state index contributed by atoms with van der Waals surface area (Å²) in [6.07, 6.45) is 4.25. The van der Waals surface area contributed by atoms with E-state index in [-0.39, 0.29) is 5.91 Å². The maximum Gasteiger partial charge on any atom is 0.272 e. The second-order valence-electron chi connectivity index (χ2n) is 6.92. The van der Waals surface area contributed by atoms with Crippen LogP contribution in [0, 0.1) is 0 Å². The predicted molar refractivity (Wildman–Crippen MR) is 95.7 cm³/mol. The topological polar surface area (TPSA) is 66.9 Å². The molecule has 2 saturated heterocycles. The number of pyridine rings is 1. The zero-order valence-electron chi connectivity index (χ0n) is 15.2. The SMILES string of the molecule is CN(C)CCCNc1ccc(C(=O)N2CCC3(CC2)OCCO3)nc1. The summed E-state index contributed by atoms with van der Waals surface area (Å²) < 4.78 is 11.4. The monoisotopic (exact) mass is 348 g/mol. The van der Waals surface area contributed by atoms with E-state index in [1.165, 1.54) is 0 Å². The summed E-state index contributed by atoms with van der Waals surface area (Å²) in [5.41, 5.74) is 1.43. The summed E-state index contributed by atoms with van der Waals surface area (Å²) in [6, 6.07) is 3.72. The molecule has 2 aliphatic rings. The predicted octanol–water partition coefficient (Wildman–Crippen LogP) is 1.42. The maximum atomic E-state index is 12.6. The van der Waals surface area contributed by atoms with Gasteiger partial charge in [0.25, 0.3) is 5.91 Å². The van der Waals surface area contributed by atoms with E-state index in [2.05, 4.69) is 29.3 Å². The van der Waals surface area contributed by atoms with Crippen molar-refractivity contribution in [2.24, 2.45) is 0 Å². The number of nitrogens with zero attached hydrogens (tertiary/aromatic N) is 3. The number of amides is 1. The summed E-state index contributed by atoms with van der Waals surface area (Å²) >= 11 is 0. The number of rotatable bonds is 6. The molecule has 0 unspecified atom stereocenters. The van der Waals surface area contributed by atoms with Crippen LogP contribution >= 0.6 is 0 Å². The highest BCUT2D eigenvalue weighted by molar-refractivity contribution is 5.92. The lowest BCUT2D eigenvalue weighted by Crippen LogP contribution is -2.47. The van der Waals surface area contributed by atoms with Gasteiger partial charge in [-0.1, -0.05) is 0 Å². The van der Waals surface area contributed by atoms with Crippen molar-refractivity contribution < 1.29 is 14.3 Å². The van der Waals surface area contributed by atoms with Crippen molar-refractivity contribution in [3.63, 3.8) is 0 Å². The normalized spacial score (nSPS) is 19.6. The van der Waals surface area contributed by atoms with Crippen LogP contribution < -0.4 is 5.32 Å². The standard InChI is InChI=1S/C18H28N4O3/c1-21(2)9-3-8-19-15-4-5-16(20-14-15)17(23)22-10-6-18(7-11-22)24-12-13-25-18/h4-5,14,19H,3,6-13H2,1-2H3. The molecule has 3 heterocycles. The van der Waals surface area contributed by atoms with E-state index in [1.807, 2.05) is 11.0 Å².